The fourth-order valence-corrected chi connectivity index (χ4v) is 3.95. The molecule has 1 aliphatic rings. The zero-order valence-electron chi connectivity index (χ0n) is 18.0. The molecule has 1 atom stereocenters. The number of aliphatic hydroxyl groups excluding tert-OH is 1. The first-order valence-corrected chi connectivity index (χ1v) is 10.5. The molecule has 1 fully saturated rings. The van der Waals surface area contributed by atoms with Gasteiger partial charge in [-0.1, -0.05) is 0 Å². The number of carbonyl (C=O) groups excluding carboxylic acids is 2. The van der Waals surface area contributed by atoms with E-state index in [9.17, 15) is 19.1 Å². The lowest BCUT2D eigenvalue weighted by Crippen LogP contribution is -2.55. The normalized spacial score (nSPS) is 14.7. The molecule has 1 unspecified atom stereocenters. The molecule has 3 N–H and O–H groups in total. The summed E-state index contributed by atoms with van der Waals surface area (Å²) in [4.78, 5) is 43.0. The molecule has 0 aromatic carbocycles. The summed E-state index contributed by atoms with van der Waals surface area (Å²) in [5.74, 6) is -1.20. The number of amides is 2. The largest absolute Gasteiger partial charge is 0.388 e. The Hall–Kier alpha value is -4.37. The van der Waals surface area contributed by atoms with Crippen LogP contribution in [0.4, 0.5) is 4.39 Å². The Balaban J connectivity index is 1.44. The topological polar surface area (TPSA) is 152 Å². The highest BCUT2D eigenvalue weighted by molar-refractivity contribution is 6.06. The molecule has 12 heteroatoms. The van der Waals surface area contributed by atoms with E-state index in [0.29, 0.717) is 35.6 Å². The Labute approximate surface area is 191 Å². The number of carbonyl (C=O) groups is 2. The molecular weight excluding hydrogens is 443 g/mol. The van der Waals surface area contributed by atoms with Crippen LogP contribution >= 0.6 is 0 Å². The Morgan fingerprint density at radius 3 is 2.91 bits per heavy atom. The predicted octanol–water partition coefficient (Wildman–Crippen LogP) is 1.00. The van der Waals surface area contributed by atoms with Gasteiger partial charge in [-0.15, -0.1) is 0 Å². The number of aliphatic hydroxyl groups is 1. The van der Waals surface area contributed by atoms with Crippen LogP contribution in [0.2, 0.25) is 0 Å². The SMILES string of the molecule is CC(NC(=O)c1c[nH]c2ncc(-c3nc(CO)n4cc(F)ccc34)nc12)C(=O)N1CC(C#N)C1. The number of fused-ring (bicyclic) bond motifs is 2. The van der Waals surface area contributed by atoms with Crippen LogP contribution < -0.4 is 5.32 Å². The molecule has 4 aromatic heterocycles. The number of rotatable bonds is 5. The maximum atomic E-state index is 13.7. The van der Waals surface area contributed by atoms with Gasteiger partial charge in [0.2, 0.25) is 5.91 Å². The average molecular weight is 462 g/mol. The highest BCUT2D eigenvalue weighted by Gasteiger charge is 2.33. The number of H-pyrrole nitrogens is 1. The molecule has 0 radical (unpaired) electrons. The van der Waals surface area contributed by atoms with Crippen molar-refractivity contribution in [3.05, 3.63) is 47.9 Å². The minimum absolute atomic E-state index is 0.170. The number of likely N-dealkylation sites (tertiary alicyclic amines) is 1. The van der Waals surface area contributed by atoms with E-state index in [1.165, 1.54) is 40.0 Å². The fraction of sp³-hybridized carbons (Fsp3) is 0.273. The Morgan fingerprint density at radius 1 is 1.38 bits per heavy atom. The van der Waals surface area contributed by atoms with E-state index < -0.39 is 24.4 Å². The third kappa shape index (κ3) is 3.52. The van der Waals surface area contributed by atoms with Crippen molar-refractivity contribution in [3.8, 4) is 17.5 Å². The van der Waals surface area contributed by atoms with Crippen molar-refractivity contribution >= 4 is 28.5 Å². The highest BCUT2D eigenvalue weighted by atomic mass is 19.1. The summed E-state index contributed by atoms with van der Waals surface area (Å²) >= 11 is 0. The third-order valence-corrected chi connectivity index (χ3v) is 5.78. The van der Waals surface area contributed by atoms with Gasteiger partial charge >= 0.3 is 0 Å². The lowest BCUT2D eigenvalue weighted by atomic mass is 10.0. The van der Waals surface area contributed by atoms with Crippen molar-refractivity contribution in [1.82, 2.24) is 34.6 Å². The molecule has 172 valence electrons. The van der Waals surface area contributed by atoms with E-state index in [1.807, 2.05) is 0 Å². The van der Waals surface area contributed by atoms with Crippen molar-refractivity contribution in [2.24, 2.45) is 5.92 Å². The van der Waals surface area contributed by atoms with Crippen LogP contribution in [0, 0.1) is 23.1 Å². The fourth-order valence-electron chi connectivity index (χ4n) is 3.95. The summed E-state index contributed by atoms with van der Waals surface area (Å²) in [5, 5.41) is 21.2. The quantitative estimate of drug-likeness (QED) is 0.400. The first kappa shape index (κ1) is 21.5. The molecule has 0 aliphatic carbocycles. The molecular formula is C22H19FN8O3. The molecule has 11 nitrogen and oxygen atoms in total. The predicted molar refractivity (Wildman–Crippen MR) is 117 cm³/mol. The Kier molecular flexibility index (Phi) is 5.18. The van der Waals surface area contributed by atoms with Crippen molar-refractivity contribution in [3.63, 3.8) is 0 Å². The minimum Gasteiger partial charge on any atom is -0.388 e. The molecule has 34 heavy (non-hydrogen) atoms. The third-order valence-electron chi connectivity index (χ3n) is 5.78. The second-order valence-electron chi connectivity index (χ2n) is 8.06. The van der Waals surface area contributed by atoms with Crippen molar-refractivity contribution in [1.29, 1.82) is 5.26 Å². The standard InChI is InChI=1S/C22H19FN8O3/c1-11(22(34)30-7-12(4-24)8-30)27-21(33)14-5-25-20-18(14)28-15(6-26-20)19-16-3-2-13(23)9-31(16)17(10-32)29-19/h2-3,5-6,9,11-12,32H,7-8,10H2,1H3,(H,25,26)(H,27,33). The van der Waals surface area contributed by atoms with Gasteiger partial charge in [-0.25, -0.2) is 19.3 Å². The van der Waals surface area contributed by atoms with Crippen LogP contribution in [-0.2, 0) is 11.4 Å². The van der Waals surface area contributed by atoms with E-state index in [-0.39, 0.29) is 28.7 Å². The number of halogens is 1. The molecule has 5 rings (SSSR count). The van der Waals surface area contributed by atoms with Gasteiger partial charge in [0.25, 0.3) is 5.91 Å². The van der Waals surface area contributed by atoms with Crippen molar-refractivity contribution in [2.75, 3.05) is 13.1 Å². The number of hydrogen-bond acceptors (Lipinski definition) is 7. The number of nitriles is 1. The van der Waals surface area contributed by atoms with Crippen molar-refractivity contribution in [2.45, 2.75) is 19.6 Å². The average Bonchev–Trinajstić information content (AvgIpc) is 3.38. The van der Waals surface area contributed by atoms with Gasteiger partial charge < -0.3 is 20.3 Å². The summed E-state index contributed by atoms with van der Waals surface area (Å²) in [5.41, 5.74) is 2.06. The van der Waals surface area contributed by atoms with Crippen molar-refractivity contribution < 1.29 is 19.1 Å². The summed E-state index contributed by atoms with van der Waals surface area (Å²) in [6.07, 6.45) is 4.14. The lowest BCUT2D eigenvalue weighted by molar-refractivity contribution is -0.137. The van der Waals surface area contributed by atoms with Crippen LogP contribution in [-0.4, -0.2) is 65.3 Å². The summed E-state index contributed by atoms with van der Waals surface area (Å²) < 4.78 is 15.1. The second-order valence-corrected chi connectivity index (χ2v) is 8.06. The van der Waals surface area contributed by atoms with E-state index in [2.05, 4.69) is 31.3 Å². The molecule has 4 aromatic rings. The summed E-state index contributed by atoms with van der Waals surface area (Å²) in [6.45, 7) is 1.89. The highest BCUT2D eigenvalue weighted by Crippen LogP contribution is 2.26. The number of hydrogen-bond donors (Lipinski definition) is 3. The lowest BCUT2D eigenvalue weighted by Gasteiger charge is -2.37. The van der Waals surface area contributed by atoms with Crippen LogP contribution in [0.1, 0.15) is 23.1 Å². The number of pyridine rings is 1. The first-order chi connectivity index (χ1) is 16.4. The number of nitrogens with zero attached hydrogens (tertiary/aromatic N) is 6. The monoisotopic (exact) mass is 462 g/mol. The molecule has 2 amide bonds. The number of imidazole rings is 1. The van der Waals surface area contributed by atoms with E-state index >= 15 is 0 Å². The first-order valence-electron chi connectivity index (χ1n) is 10.5. The molecule has 1 aliphatic heterocycles. The van der Waals surface area contributed by atoms with Gasteiger partial charge in [0.15, 0.2) is 5.65 Å². The van der Waals surface area contributed by atoms with Gasteiger partial charge in [-0.3, -0.25) is 14.0 Å². The Bertz CT molecular complexity index is 1480. The van der Waals surface area contributed by atoms with Gasteiger partial charge in [0, 0.05) is 25.5 Å². The van der Waals surface area contributed by atoms with Gasteiger partial charge in [0.1, 0.15) is 41.2 Å². The zero-order chi connectivity index (χ0) is 24.0. The van der Waals surface area contributed by atoms with Crippen LogP contribution in [0.15, 0.2) is 30.7 Å². The maximum absolute atomic E-state index is 13.7. The van der Waals surface area contributed by atoms with Gasteiger partial charge in [-0.05, 0) is 19.1 Å². The van der Waals surface area contributed by atoms with E-state index in [4.69, 9.17) is 5.26 Å². The molecule has 1 saturated heterocycles. The number of nitrogens with one attached hydrogen (secondary N) is 2. The van der Waals surface area contributed by atoms with E-state index in [1.54, 1.807) is 6.92 Å². The minimum atomic E-state index is -0.785. The van der Waals surface area contributed by atoms with Gasteiger partial charge in [-0.2, -0.15) is 5.26 Å². The molecule has 5 heterocycles. The maximum Gasteiger partial charge on any atom is 0.255 e. The number of aromatic nitrogens is 5. The smallest absolute Gasteiger partial charge is 0.255 e. The molecule has 0 bridgehead atoms. The second kappa shape index (κ2) is 8.20. The zero-order valence-corrected chi connectivity index (χ0v) is 18.0. The van der Waals surface area contributed by atoms with Crippen LogP contribution in [0.5, 0.6) is 0 Å². The van der Waals surface area contributed by atoms with Crippen LogP contribution in [0.25, 0.3) is 28.1 Å². The summed E-state index contributed by atoms with van der Waals surface area (Å²) in [7, 11) is 0. The summed E-state index contributed by atoms with van der Waals surface area (Å²) in [6, 6.07) is 4.12. The van der Waals surface area contributed by atoms with E-state index in [0.717, 1.165) is 0 Å². The number of aromatic amines is 1. The van der Waals surface area contributed by atoms with Crippen LogP contribution in [0.3, 0.4) is 0 Å². The Morgan fingerprint density at radius 2 is 2.18 bits per heavy atom. The van der Waals surface area contributed by atoms with Gasteiger partial charge in [0.05, 0.1) is 29.3 Å². The molecule has 0 spiro atoms. The molecule has 0 saturated carbocycles.